The first-order chi connectivity index (χ1) is 11.1. The van der Waals surface area contributed by atoms with Crippen LogP contribution in [0.3, 0.4) is 0 Å². The van der Waals surface area contributed by atoms with Gasteiger partial charge in [0.2, 0.25) is 0 Å². The van der Waals surface area contributed by atoms with Crippen molar-refractivity contribution >= 4 is 27.0 Å². The van der Waals surface area contributed by atoms with E-state index in [2.05, 4.69) is 25.0 Å². The van der Waals surface area contributed by atoms with Crippen molar-refractivity contribution in [3.05, 3.63) is 47.4 Å². The zero-order chi connectivity index (χ0) is 16.4. The van der Waals surface area contributed by atoms with Crippen molar-refractivity contribution in [1.82, 2.24) is 18.9 Å². The highest BCUT2D eigenvalue weighted by Crippen LogP contribution is 2.24. The molecule has 23 heavy (non-hydrogen) atoms. The Balaban J connectivity index is 2.18. The molecular formula is C12H9N7O3S. The number of benzene rings is 1. The molecular weight excluding hydrogens is 322 g/mol. The van der Waals surface area contributed by atoms with Gasteiger partial charge in [-0.05, 0) is 34.9 Å². The Morgan fingerprint density at radius 2 is 1.96 bits per heavy atom. The molecule has 0 N–H and O–H groups in total. The summed E-state index contributed by atoms with van der Waals surface area (Å²) >= 11 is 0. The zero-order valence-corrected chi connectivity index (χ0v) is 12.5. The smallest absolute Gasteiger partial charge is 0.270 e. The van der Waals surface area contributed by atoms with Crippen LogP contribution in [0.2, 0.25) is 0 Å². The number of imidazole rings is 1. The van der Waals surface area contributed by atoms with Crippen LogP contribution < -0.4 is 4.74 Å². The third kappa shape index (κ3) is 2.43. The Kier molecular flexibility index (Phi) is 3.56. The molecule has 0 atom stereocenters. The first-order valence-corrected chi connectivity index (χ1v) is 7.64. The second-order valence-electron chi connectivity index (χ2n) is 4.28. The van der Waals surface area contributed by atoms with Crippen LogP contribution in [0.1, 0.15) is 0 Å². The van der Waals surface area contributed by atoms with Crippen LogP contribution in [-0.2, 0) is 10.0 Å². The van der Waals surface area contributed by atoms with E-state index in [4.69, 9.17) is 10.3 Å². The van der Waals surface area contributed by atoms with Crippen molar-refractivity contribution in [3.8, 4) is 5.75 Å². The predicted molar refractivity (Wildman–Crippen MR) is 79.7 cm³/mol. The molecule has 2 aromatic heterocycles. The van der Waals surface area contributed by atoms with E-state index < -0.39 is 10.0 Å². The van der Waals surface area contributed by atoms with Crippen molar-refractivity contribution < 1.29 is 13.2 Å². The molecule has 0 bridgehead atoms. The minimum Gasteiger partial charge on any atom is -0.497 e. The van der Waals surface area contributed by atoms with Gasteiger partial charge in [-0.25, -0.2) is 27.3 Å². The summed E-state index contributed by atoms with van der Waals surface area (Å²) in [7, 11) is -2.42. The van der Waals surface area contributed by atoms with Gasteiger partial charge in [-0.3, -0.25) is 0 Å². The van der Waals surface area contributed by atoms with Crippen LogP contribution in [0.5, 0.6) is 5.75 Å². The Morgan fingerprint density at radius 1 is 1.22 bits per heavy atom. The molecule has 11 heteroatoms. The van der Waals surface area contributed by atoms with Gasteiger partial charge in [0, 0.05) is 4.91 Å². The zero-order valence-electron chi connectivity index (χ0n) is 11.7. The summed E-state index contributed by atoms with van der Waals surface area (Å²) in [6, 6.07) is 5.89. The van der Waals surface area contributed by atoms with Gasteiger partial charge in [0.05, 0.1) is 12.0 Å². The number of azide groups is 1. The van der Waals surface area contributed by atoms with Crippen molar-refractivity contribution in [2.24, 2.45) is 5.11 Å². The van der Waals surface area contributed by atoms with Crippen molar-refractivity contribution in [3.63, 3.8) is 0 Å². The van der Waals surface area contributed by atoms with Gasteiger partial charge in [0.15, 0.2) is 11.5 Å². The quantitative estimate of drug-likeness (QED) is 0.407. The third-order valence-electron chi connectivity index (χ3n) is 3.04. The van der Waals surface area contributed by atoms with E-state index in [9.17, 15) is 8.42 Å². The summed E-state index contributed by atoms with van der Waals surface area (Å²) in [5, 5.41) is 3.37. The molecule has 10 nitrogen and oxygen atoms in total. The summed E-state index contributed by atoms with van der Waals surface area (Å²) in [5.74, 6) is 0.494. The molecule has 0 amide bonds. The van der Waals surface area contributed by atoms with Crippen LogP contribution in [0.15, 0.2) is 46.9 Å². The van der Waals surface area contributed by atoms with Gasteiger partial charge >= 0.3 is 0 Å². The second-order valence-corrected chi connectivity index (χ2v) is 6.09. The normalized spacial score (nSPS) is 11.2. The molecule has 0 unspecified atom stereocenters. The van der Waals surface area contributed by atoms with Crippen LogP contribution in [-0.4, -0.2) is 34.5 Å². The van der Waals surface area contributed by atoms with Gasteiger partial charge in [-0.15, -0.1) is 0 Å². The Labute approximate surface area is 130 Å². The molecule has 0 saturated carbocycles. The Morgan fingerprint density at radius 3 is 2.61 bits per heavy atom. The molecule has 3 aromatic rings. The fraction of sp³-hybridized carbons (Fsp3) is 0.0833. The third-order valence-corrected chi connectivity index (χ3v) is 4.69. The Bertz CT molecular complexity index is 1020. The van der Waals surface area contributed by atoms with Crippen LogP contribution >= 0.6 is 0 Å². The minimum absolute atomic E-state index is 0.0261. The van der Waals surface area contributed by atoms with Gasteiger partial charge in [0.1, 0.15) is 23.9 Å². The molecule has 0 aliphatic carbocycles. The van der Waals surface area contributed by atoms with E-state index in [0.717, 1.165) is 16.6 Å². The van der Waals surface area contributed by atoms with Crippen LogP contribution in [0, 0.1) is 0 Å². The lowest BCUT2D eigenvalue weighted by molar-refractivity contribution is 0.414. The average Bonchev–Trinajstić information content (AvgIpc) is 3.01. The second kappa shape index (κ2) is 5.55. The van der Waals surface area contributed by atoms with Gasteiger partial charge in [-0.2, -0.15) is 0 Å². The number of methoxy groups -OCH3 is 1. The maximum Gasteiger partial charge on any atom is 0.270 e. The van der Waals surface area contributed by atoms with E-state index in [0.29, 0.717) is 5.75 Å². The molecule has 0 fully saturated rings. The highest BCUT2D eigenvalue weighted by molar-refractivity contribution is 7.90. The number of ether oxygens (including phenoxy) is 1. The SMILES string of the molecule is COc1ccc(S(=O)(=O)n2cnc3c(N=[N+]=[N-])ncnc32)cc1. The lowest BCUT2D eigenvalue weighted by Crippen LogP contribution is -2.12. The van der Waals surface area contributed by atoms with Crippen molar-refractivity contribution in [1.29, 1.82) is 0 Å². The highest BCUT2D eigenvalue weighted by Gasteiger charge is 2.21. The molecule has 0 aliphatic heterocycles. The van der Waals surface area contributed by atoms with Crippen LogP contribution in [0.25, 0.3) is 21.6 Å². The molecule has 0 radical (unpaired) electrons. The number of fused-ring (bicyclic) bond motifs is 1. The van der Waals surface area contributed by atoms with E-state index in [1.807, 2.05) is 0 Å². The summed E-state index contributed by atoms with van der Waals surface area (Å²) in [6.45, 7) is 0. The monoisotopic (exact) mass is 331 g/mol. The van der Waals surface area contributed by atoms with Crippen LogP contribution in [0.4, 0.5) is 5.82 Å². The summed E-state index contributed by atoms with van der Waals surface area (Å²) in [6.07, 6.45) is 2.20. The van der Waals surface area contributed by atoms with E-state index >= 15 is 0 Å². The molecule has 0 spiro atoms. The molecule has 3 rings (SSSR count). The number of hydrogen-bond acceptors (Lipinski definition) is 7. The summed E-state index contributed by atoms with van der Waals surface area (Å²) in [5.41, 5.74) is 8.63. The lowest BCUT2D eigenvalue weighted by atomic mass is 10.3. The Hall–Kier alpha value is -3.17. The first kappa shape index (κ1) is 14.8. The summed E-state index contributed by atoms with van der Waals surface area (Å²) in [4.78, 5) is 14.3. The van der Waals surface area contributed by atoms with E-state index in [1.54, 1.807) is 0 Å². The lowest BCUT2D eigenvalue weighted by Gasteiger charge is -2.07. The van der Waals surface area contributed by atoms with E-state index in [-0.39, 0.29) is 21.9 Å². The fourth-order valence-corrected chi connectivity index (χ4v) is 3.19. The molecule has 2 heterocycles. The van der Waals surface area contributed by atoms with Crippen molar-refractivity contribution in [2.75, 3.05) is 7.11 Å². The standard InChI is InChI=1S/C12H9N7O3S/c1-22-8-2-4-9(5-3-8)23(20,21)19-7-16-10-11(17-18-13)14-6-15-12(10)19/h2-7H,1H3. The van der Waals surface area contributed by atoms with Gasteiger partial charge in [-0.1, -0.05) is 0 Å². The maximum absolute atomic E-state index is 12.7. The number of rotatable bonds is 4. The molecule has 116 valence electrons. The van der Waals surface area contributed by atoms with Crippen molar-refractivity contribution in [2.45, 2.75) is 4.90 Å². The average molecular weight is 331 g/mol. The number of aromatic nitrogens is 4. The topological polar surface area (TPSA) is 136 Å². The highest BCUT2D eigenvalue weighted by atomic mass is 32.2. The fourth-order valence-electron chi connectivity index (χ4n) is 1.95. The van der Waals surface area contributed by atoms with E-state index in [1.165, 1.54) is 31.4 Å². The number of nitrogens with zero attached hydrogens (tertiary/aromatic N) is 7. The summed E-state index contributed by atoms with van der Waals surface area (Å²) < 4.78 is 31.3. The van der Waals surface area contributed by atoms with Gasteiger partial charge < -0.3 is 4.74 Å². The molecule has 0 aliphatic rings. The molecule has 0 saturated heterocycles. The first-order valence-electron chi connectivity index (χ1n) is 6.20. The molecule has 1 aromatic carbocycles. The predicted octanol–water partition coefficient (Wildman–Crippen LogP) is 2.01. The minimum atomic E-state index is -3.91. The largest absolute Gasteiger partial charge is 0.497 e. The van der Waals surface area contributed by atoms with Gasteiger partial charge in [0.25, 0.3) is 10.0 Å². The maximum atomic E-state index is 12.7. The number of hydrogen-bond donors (Lipinski definition) is 0.